The zero-order valence-corrected chi connectivity index (χ0v) is 16.5. The molecule has 6 heteroatoms. The van der Waals surface area contributed by atoms with E-state index in [9.17, 15) is 9.90 Å². The fourth-order valence-corrected chi connectivity index (χ4v) is 3.06. The van der Waals surface area contributed by atoms with E-state index in [0.717, 1.165) is 5.46 Å². The van der Waals surface area contributed by atoms with Gasteiger partial charge in [-0.05, 0) is 44.6 Å². The molecule has 1 aromatic rings. The van der Waals surface area contributed by atoms with Crippen LogP contribution >= 0.6 is 0 Å². The zero-order chi connectivity index (χ0) is 19.2. The molecule has 0 radical (unpaired) electrons. The lowest BCUT2D eigenvalue weighted by Gasteiger charge is -2.32. The van der Waals surface area contributed by atoms with Gasteiger partial charge in [0, 0.05) is 5.56 Å². The van der Waals surface area contributed by atoms with Gasteiger partial charge in [0.25, 0.3) is 0 Å². The first-order valence-electron chi connectivity index (χ1n) is 8.56. The Morgan fingerprint density at radius 2 is 1.68 bits per heavy atom. The van der Waals surface area contributed by atoms with Crippen molar-refractivity contribution in [3.63, 3.8) is 0 Å². The fourth-order valence-electron chi connectivity index (χ4n) is 3.06. The summed E-state index contributed by atoms with van der Waals surface area (Å²) in [7, 11) is 1.04. The summed E-state index contributed by atoms with van der Waals surface area (Å²) in [5.41, 5.74) is 0.169. The number of rotatable bonds is 4. The van der Waals surface area contributed by atoms with Crippen LogP contribution in [0.15, 0.2) is 18.2 Å². The molecule has 0 aromatic heterocycles. The molecule has 25 heavy (non-hydrogen) atoms. The second-order valence-electron chi connectivity index (χ2n) is 8.73. The molecule has 5 nitrogen and oxygen atoms in total. The van der Waals surface area contributed by atoms with Crippen molar-refractivity contribution in [2.24, 2.45) is 5.41 Å². The highest BCUT2D eigenvalue weighted by atomic mass is 16.7. The van der Waals surface area contributed by atoms with E-state index in [-0.39, 0.29) is 0 Å². The molecule has 1 aromatic carbocycles. The normalized spacial score (nSPS) is 20.4. The van der Waals surface area contributed by atoms with E-state index in [0.29, 0.717) is 11.3 Å². The van der Waals surface area contributed by atoms with E-state index in [1.165, 1.54) is 0 Å². The summed E-state index contributed by atoms with van der Waals surface area (Å²) in [6.45, 7) is 13.7. The largest absolute Gasteiger partial charge is 0.496 e. The van der Waals surface area contributed by atoms with E-state index in [1.807, 2.05) is 66.7 Å². The predicted octanol–water partition coefficient (Wildman–Crippen LogP) is 3.21. The second-order valence-corrected chi connectivity index (χ2v) is 8.73. The minimum atomic E-state index is -0.866. The third-order valence-electron chi connectivity index (χ3n) is 5.21. The van der Waals surface area contributed by atoms with Crippen LogP contribution in [0.1, 0.15) is 59.9 Å². The quantitative estimate of drug-likeness (QED) is 0.847. The van der Waals surface area contributed by atoms with Crippen molar-refractivity contribution in [3.8, 4) is 5.75 Å². The van der Waals surface area contributed by atoms with Crippen molar-refractivity contribution in [2.75, 3.05) is 7.11 Å². The van der Waals surface area contributed by atoms with Gasteiger partial charge in [-0.2, -0.15) is 0 Å². The van der Waals surface area contributed by atoms with Crippen LogP contribution in [-0.4, -0.2) is 36.5 Å². The van der Waals surface area contributed by atoms with Crippen molar-refractivity contribution in [1.82, 2.24) is 0 Å². The number of hydrogen-bond acceptors (Lipinski definition) is 4. The molecule has 0 saturated carbocycles. The Bertz CT molecular complexity index is 644. The van der Waals surface area contributed by atoms with E-state index in [4.69, 9.17) is 14.0 Å². The topological polar surface area (TPSA) is 65.0 Å². The molecule has 1 aliphatic rings. The van der Waals surface area contributed by atoms with Crippen LogP contribution in [0, 0.1) is 5.41 Å². The smallest absolute Gasteiger partial charge is 0.494 e. The highest BCUT2D eigenvalue weighted by Gasteiger charge is 2.52. The Morgan fingerprint density at radius 1 is 1.16 bits per heavy atom. The third-order valence-corrected chi connectivity index (χ3v) is 5.21. The lowest BCUT2D eigenvalue weighted by Crippen LogP contribution is -2.41. The standard InChI is InChI=1S/C19H29BO5/c1-17(2,3)15(16(21)22)13-10-9-12(11-14(13)23-8)20-24-18(4,5)19(6,7)25-20/h9-11,15H,1-8H3,(H,21,22). The molecule has 0 aliphatic carbocycles. The molecule has 2 rings (SSSR count). The van der Waals surface area contributed by atoms with E-state index < -0.39 is 35.6 Å². The Labute approximate surface area is 150 Å². The molecule has 1 unspecified atom stereocenters. The first-order valence-corrected chi connectivity index (χ1v) is 8.56. The van der Waals surface area contributed by atoms with Gasteiger partial charge in [0.15, 0.2) is 0 Å². The molecule has 1 atom stereocenters. The zero-order valence-electron chi connectivity index (χ0n) is 16.5. The molecule has 1 saturated heterocycles. The van der Waals surface area contributed by atoms with E-state index >= 15 is 0 Å². The average Bonchev–Trinajstić information content (AvgIpc) is 2.66. The van der Waals surface area contributed by atoms with Gasteiger partial charge >= 0.3 is 13.1 Å². The van der Waals surface area contributed by atoms with Crippen molar-refractivity contribution in [3.05, 3.63) is 23.8 Å². The molecule has 0 amide bonds. The minimum Gasteiger partial charge on any atom is -0.496 e. The number of methoxy groups -OCH3 is 1. The van der Waals surface area contributed by atoms with Crippen LogP contribution in [0.25, 0.3) is 0 Å². The van der Waals surface area contributed by atoms with Crippen LogP contribution in [-0.2, 0) is 14.1 Å². The SMILES string of the molecule is COc1cc(B2OC(C)(C)C(C)(C)O2)ccc1C(C(=O)O)C(C)(C)C. The van der Waals surface area contributed by atoms with Crippen LogP contribution in [0.5, 0.6) is 5.75 Å². The van der Waals surface area contributed by atoms with Crippen molar-refractivity contribution < 1.29 is 23.9 Å². The summed E-state index contributed by atoms with van der Waals surface area (Å²) in [6, 6.07) is 5.49. The Hall–Kier alpha value is -1.53. The van der Waals surface area contributed by atoms with Gasteiger partial charge in [0.05, 0.1) is 24.2 Å². The van der Waals surface area contributed by atoms with E-state index in [2.05, 4.69) is 0 Å². The Kier molecular flexibility index (Phi) is 5.01. The van der Waals surface area contributed by atoms with Crippen molar-refractivity contribution >= 4 is 18.6 Å². The number of hydrogen-bond donors (Lipinski definition) is 1. The number of benzene rings is 1. The molecule has 1 fully saturated rings. The van der Waals surface area contributed by atoms with Gasteiger partial charge in [0.2, 0.25) is 0 Å². The average molecular weight is 348 g/mol. The molecule has 1 N–H and O–H groups in total. The summed E-state index contributed by atoms with van der Waals surface area (Å²) in [5.74, 6) is -1.00. The van der Waals surface area contributed by atoms with Crippen LogP contribution in [0.2, 0.25) is 0 Å². The lowest BCUT2D eigenvalue weighted by atomic mass is 9.73. The molecule has 138 valence electrons. The molecular weight excluding hydrogens is 319 g/mol. The minimum absolute atomic E-state index is 0.432. The van der Waals surface area contributed by atoms with Crippen molar-refractivity contribution in [2.45, 2.75) is 65.6 Å². The van der Waals surface area contributed by atoms with Gasteiger partial charge in [-0.25, -0.2) is 0 Å². The maximum atomic E-state index is 11.8. The molecule has 0 spiro atoms. The fraction of sp³-hybridized carbons (Fsp3) is 0.632. The van der Waals surface area contributed by atoms with Gasteiger partial charge in [-0.3, -0.25) is 4.79 Å². The van der Waals surface area contributed by atoms with Gasteiger partial charge in [-0.1, -0.05) is 32.9 Å². The predicted molar refractivity (Wildman–Crippen MR) is 98.5 cm³/mol. The van der Waals surface area contributed by atoms with Gasteiger partial charge < -0.3 is 19.2 Å². The number of carbonyl (C=O) groups is 1. The highest BCUT2D eigenvalue weighted by molar-refractivity contribution is 6.62. The van der Waals surface area contributed by atoms with Crippen LogP contribution in [0.3, 0.4) is 0 Å². The first kappa shape index (κ1) is 19.8. The van der Waals surface area contributed by atoms with Gasteiger partial charge in [0.1, 0.15) is 5.75 Å². The van der Waals surface area contributed by atoms with Crippen LogP contribution < -0.4 is 10.2 Å². The number of carboxylic acids is 1. The summed E-state index contributed by atoms with van der Waals surface area (Å²) in [5, 5.41) is 9.70. The highest BCUT2D eigenvalue weighted by Crippen LogP contribution is 2.40. The second kappa shape index (κ2) is 6.33. The molecule has 1 aliphatic heterocycles. The molecular formula is C19H29BO5. The number of ether oxygens (including phenoxy) is 1. The maximum Gasteiger partial charge on any atom is 0.494 e. The number of carboxylic acid groups (broad SMARTS) is 1. The molecule has 1 heterocycles. The maximum absolute atomic E-state index is 11.8. The third kappa shape index (κ3) is 3.70. The lowest BCUT2D eigenvalue weighted by molar-refractivity contribution is -0.141. The summed E-state index contributed by atoms with van der Waals surface area (Å²) >= 11 is 0. The van der Waals surface area contributed by atoms with Crippen LogP contribution in [0.4, 0.5) is 0 Å². The summed E-state index contributed by atoms with van der Waals surface area (Å²) in [4.78, 5) is 11.8. The Morgan fingerprint density at radius 3 is 2.08 bits per heavy atom. The molecule has 0 bridgehead atoms. The van der Waals surface area contributed by atoms with Crippen molar-refractivity contribution in [1.29, 1.82) is 0 Å². The first-order chi connectivity index (χ1) is 11.3. The summed E-state index contributed by atoms with van der Waals surface area (Å²) in [6.07, 6.45) is 0. The Balaban J connectivity index is 2.43. The monoisotopic (exact) mass is 348 g/mol. The van der Waals surface area contributed by atoms with E-state index in [1.54, 1.807) is 7.11 Å². The van der Waals surface area contributed by atoms with Gasteiger partial charge in [-0.15, -0.1) is 0 Å². The number of aliphatic carboxylic acids is 1. The summed E-state index contributed by atoms with van der Waals surface area (Å²) < 4.78 is 17.6.